The molecule has 3 aromatic heterocycles. The number of H-pyrrole nitrogens is 1. The van der Waals surface area contributed by atoms with Crippen LogP contribution in [0, 0.1) is 5.95 Å². The number of aromatic amines is 1. The summed E-state index contributed by atoms with van der Waals surface area (Å²) in [6, 6.07) is 14.0. The molecule has 3 heterocycles. The zero-order chi connectivity index (χ0) is 24.4. The minimum atomic E-state index is -0.850. The Morgan fingerprint density at radius 2 is 1.86 bits per heavy atom. The SMILES string of the molecule is NC1CCC(Nc2cc(Nc3ccccc3)c3ncc(C(=O)Nc4cc(F)[nH]c(=O)c4)n3n2)CC1. The fourth-order valence-corrected chi connectivity index (χ4v) is 4.21. The van der Waals surface area contributed by atoms with Gasteiger partial charge in [-0.2, -0.15) is 4.39 Å². The Kier molecular flexibility index (Phi) is 6.15. The molecule has 11 heteroatoms. The highest BCUT2D eigenvalue weighted by Crippen LogP contribution is 2.27. The van der Waals surface area contributed by atoms with Crippen LogP contribution in [0.3, 0.4) is 0 Å². The lowest BCUT2D eigenvalue weighted by Gasteiger charge is -2.27. The van der Waals surface area contributed by atoms with Crippen molar-refractivity contribution in [3.63, 3.8) is 0 Å². The van der Waals surface area contributed by atoms with Gasteiger partial charge in [0.1, 0.15) is 5.82 Å². The largest absolute Gasteiger partial charge is 0.366 e. The second-order valence-corrected chi connectivity index (χ2v) is 8.60. The molecule has 6 N–H and O–H groups in total. The van der Waals surface area contributed by atoms with Crippen LogP contribution in [0.2, 0.25) is 0 Å². The topological polar surface area (TPSA) is 142 Å². The van der Waals surface area contributed by atoms with Crippen LogP contribution in [0.1, 0.15) is 36.2 Å². The van der Waals surface area contributed by atoms with Crippen molar-refractivity contribution in [2.45, 2.75) is 37.8 Å². The number of anilines is 4. The second-order valence-electron chi connectivity index (χ2n) is 8.60. The molecule has 0 unspecified atom stereocenters. The van der Waals surface area contributed by atoms with Crippen molar-refractivity contribution in [2.24, 2.45) is 5.73 Å². The summed E-state index contributed by atoms with van der Waals surface area (Å²) in [5, 5.41) is 14.0. The van der Waals surface area contributed by atoms with Crippen molar-refractivity contribution in [1.29, 1.82) is 0 Å². The summed E-state index contributed by atoms with van der Waals surface area (Å²) in [6.07, 6.45) is 5.10. The number of carbonyl (C=O) groups excluding carboxylic acids is 1. The number of nitrogens with two attached hydrogens (primary N) is 1. The smallest absolute Gasteiger partial charge is 0.276 e. The zero-order valence-electron chi connectivity index (χ0n) is 18.8. The van der Waals surface area contributed by atoms with E-state index in [9.17, 15) is 14.0 Å². The minimum absolute atomic E-state index is 0.0293. The van der Waals surface area contributed by atoms with Crippen LogP contribution in [-0.2, 0) is 0 Å². The van der Waals surface area contributed by atoms with Gasteiger partial charge in [-0.05, 0) is 37.8 Å². The van der Waals surface area contributed by atoms with Gasteiger partial charge in [-0.25, -0.2) is 9.50 Å². The number of nitrogens with one attached hydrogen (secondary N) is 4. The first-order valence-corrected chi connectivity index (χ1v) is 11.4. The summed E-state index contributed by atoms with van der Waals surface area (Å²) >= 11 is 0. The van der Waals surface area contributed by atoms with Crippen molar-refractivity contribution in [3.05, 3.63) is 76.7 Å². The van der Waals surface area contributed by atoms with Gasteiger partial charge in [0, 0.05) is 36.0 Å². The maximum absolute atomic E-state index is 13.6. The quantitative estimate of drug-likeness (QED) is 0.269. The van der Waals surface area contributed by atoms with Crippen LogP contribution >= 0.6 is 0 Å². The first kappa shape index (κ1) is 22.5. The summed E-state index contributed by atoms with van der Waals surface area (Å²) in [6.45, 7) is 0. The molecular weight excluding hydrogens is 451 g/mol. The Bertz CT molecular complexity index is 1410. The Morgan fingerprint density at radius 1 is 1.09 bits per heavy atom. The molecule has 0 spiro atoms. The number of rotatable bonds is 6. The molecule has 35 heavy (non-hydrogen) atoms. The van der Waals surface area contributed by atoms with Gasteiger partial charge in [0.2, 0.25) is 0 Å². The fourth-order valence-electron chi connectivity index (χ4n) is 4.21. The molecule has 180 valence electrons. The molecule has 1 fully saturated rings. The van der Waals surface area contributed by atoms with Crippen molar-refractivity contribution in [2.75, 3.05) is 16.0 Å². The average molecular weight is 477 g/mol. The monoisotopic (exact) mass is 476 g/mol. The molecule has 1 aliphatic rings. The van der Waals surface area contributed by atoms with E-state index in [1.807, 2.05) is 41.4 Å². The third kappa shape index (κ3) is 5.14. The molecule has 1 aliphatic carbocycles. The molecule has 0 atom stereocenters. The van der Waals surface area contributed by atoms with E-state index in [1.165, 1.54) is 10.7 Å². The number of aromatic nitrogens is 4. The number of para-hydroxylation sites is 1. The molecule has 5 rings (SSSR count). The molecule has 0 aliphatic heterocycles. The Morgan fingerprint density at radius 3 is 2.60 bits per heavy atom. The molecule has 0 bridgehead atoms. The van der Waals surface area contributed by atoms with Crippen LogP contribution in [0.4, 0.5) is 27.3 Å². The molecule has 0 radical (unpaired) electrons. The van der Waals surface area contributed by atoms with E-state index in [-0.39, 0.29) is 23.5 Å². The van der Waals surface area contributed by atoms with Gasteiger partial charge >= 0.3 is 0 Å². The maximum atomic E-state index is 13.6. The van der Waals surface area contributed by atoms with E-state index in [0.717, 1.165) is 43.5 Å². The van der Waals surface area contributed by atoms with Gasteiger partial charge in [0.05, 0.1) is 17.6 Å². The van der Waals surface area contributed by atoms with Crippen LogP contribution in [-0.4, -0.2) is 37.6 Å². The third-order valence-electron chi connectivity index (χ3n) is 5.95. The second kappa shape index (κ2) is 9.55. The van der Waals surface area contributed by atoms with Gasteiger partial charge in [0.25, 0.3) is 11.5 Å². The van der Waals surface area contributed by atoms with E-state index in [4.69, 9.17) is 5.73 Å². The maximum Gasteiger partial charge on any atom is 0.276 e. The van der Waals surface area contributed by atoms with Crippen molar-refractivity contribution < 1.29 is 9.18 Å². The predicted molar refractivity (Wildman–Crippen MR) is 132 cm³/mol. The number of benzene rings is 1. The molecule has 4 aromatic rings. The number of hydrogen-bond donors (Lipinski definition) is 5. The van der Waals surface area contributed by atoms with Crippen LogP contribution < -0.4 is 27.2 Å². The Balaban J connectivity index is 1.50. The zero-order valence-corrected chi connectivity index (χ0v) is 18.8. The van der Waals surface area contributed by atoms with Crippen molar-refractivity contribution in [1.82, 2.24) is 19.6 Å². The van der Waals surface area contributed by atoms with Gasteiger partial charge in [-0.1, -0.05) is 18.2 Å². The number of carbonyl (C=O) groups is 1. The number of nitrogens with zero attached hydrogens (tertiary/aromatic N) is 3. The Hall–Kier alpha value is -4.25. The molecule has 1 aromatic carbocycles. The number of imidazole rings is 1. The predicted octanol–water partition coefficient (Wildman–Crippen LogP) is 3.23. The highest BCUT2D eigenvalue weighted by molar-refractivity contribution is 6.03. The lowest BCUT2D eigenvalue weighted by Crippen LogP contribution is -2.33. The summed E-state index contributed by atoms with van der Waals surface area (Å²) in [5.74, 6) is -0.857. The molecule has 1 amide bonds. The highest BCUT2D eigenvalue weighted by atomic mass is 19.1. The van der Waals surface area contributed by atoms with Gasteiger partial charge in [0.15, 0.2) is 17.3 Å². The van der Waals surface area contributed by atoms with E-state index in [1.54, 1.807) is 0 Å². The fraction of sp³-hybridized carbons (Fsp3) is 0.250. The van der Waals surface area contributed by atoms with Gasteiger partial charge in [-0.15, -0.1) is 5.10 Å². The number of amides is 1. The summed E-state index contributed by atoms with van der Waals surface area (Å²) < 4.78 is 15.0. The van der Waals surface area contributed by atoms with Crippen LogP contribution in [0.5, 0.6) is 0 Å². The normalized spacial score (nSPS) is 17.8. The molecular formula is C24H25FN8O2. The van der Waals surface area contributed by atoms with E-state index < -0.39 is 17.4 Å². The van der Waals surface area contributed by atoms with Gasteiger partial charge < -0.3 is 21.7 Å². The van der Waals surface area contributed by atoms with Crippen molar-refractivity contribution >= 4 is 34.4 Å². The molecule has 0 saturated heterocycles. The summed E-state index contributed by atoms with van der Waals surface area (Å²) in [5.41, 5.74) is 7.48. The number of fused-ring (bicyclic) bond motifs is 1. The van der Waals surface area contributed by atoms with E-state index >= 15 is 0 Å². The standard InChI is InChI=1S/C24H25FN8O2/c25-20-10-17(11-22(34)31-20)30-24(35)19-13-27-23-18(28-15-4-2-1-3-5-15)12-21(32-33(19)23)29-16-8-6-14(26)7-9-16/h1-5,10-14,16,28H,6-9,26H2,(H,29,32)(H2,30,31,34,35). The average Bonchev–Trinajstić information content (AvgIpc) is 3.25. The third-order valence-corrected chi connectivity index (χ3v) is 5.95. The number of halogens is 1. The lowest BCUT2D eigenvalue weighted by atomic mass is 9.92. The summed E-state index contributed by atoms with van der Waals surface area (Å²) in [4.78, 5) is 31.0. The molecule has 10 nitrogen and oxygen atoms in total. The first-order valence-electron chi connectivity index (χ1n) is 11.4. The van der Waals surface area contributed by atoms with Crippen molar-refractivity contribution in [3.8, 4) is 0 Å². The lowest BCUT2D eigenvalue weighted by molar-refractivity contribution is 0.102. The minimum Gasteiger partial charge on any atom is -0.366 e. The number of pyridine rings is 1. The Labute approximate surface area is 199 Å². The molecule has 1 saturated carbocycles. The number of hydrogen-bond acceptors (Lipinski definition) is 7. The van der Waals surface area contributed by atoms with Crippen LogP contribution in [0.25, 0.3) is 5.65 Å². The first-order chi connectivity index (χ1) is 16.9. The summed E-state index contributed by atoms with van der Waals surface area (Å²) in [7, 11) is 0. The van der Waals surface area contributed by atoms with Crippen LogP contribution in [0.15, 0.2) is 59.5 Å². The van der Waals surface area contributed by atoms with Gasteiger partial charge in [-0.3, -0.25) is 14.6 Å². The van der Waals surface area contributed by atoms with E-state index in [2.05, 4.69) is 26.0 Å². The highest BCUT2D eigenvalue weighted by Gasteiger charge is 2.21. The van der Waals surface area contributed by atoms with E-state index in [0.29, 0.717) is 17.2 Å².